The molecule has 0 aliphatic heterocycles. The number of benzene rings is 1. The van der Waals surface area contributed by atoms with Crippen LogP contribution in [0.25, 0.3) is 0 Å². The molecule has 0 radical (unpaired) electrons. The second-order valence-corrected chi connectivity index (χ2v) is 12.1. The van der Waals surface area contributed by atoms with Crippen LogP contribution in [0.1, 0.15) is 45.6 Å². The SMILES string of the molecule is CC(C)=CCC[C@H](C)CCOC(Cc1cccc(Br)c1)(P(=O)(O)O)P(=O)(O)O. The van der Waals surface area contributed by atoms with E-state index in [1.165, 1.54) is 11.6 Å². The third kappa shape index (κ3) is 7.51. The monoisotopic (exact) mass is 498 g/mol. The Hall–Kier alpha value is -0.300. The lowest BCUT2D eigenvalue weighted by Crippen LogP contribution is -2.36. The molecule has 0 saturated carbocycles. The van der Waals surface area contributed by atoms with Gasteiger partial charge in [-0.25, -0.2) is 0 Å². The van der Waals surface area contributed by atoms with Crippen molar-refractivity contribution in [2.45, 2.75) is 51.5 Å². The quantitative estimate of drug-likeness (QED) is 0.255. The second kappa shape index (κ2) is 10.6. The Labute approximate surface area is 174 Å². The van der Waals surface area contributed by atoms with Gasteiger partial charge in [0.15, 0.2) is 0 Å². The van der Waals surface area contributed by atoms with Crippen molar-refractivity contribution in [3.63, 3.8) is 0 Å². The molecule has 0 saturated heterocycles. The molecule has 0 aromatic heterocycles. The molecule has 0 aliphatic carbocycles. The Morgan fingerprint density at radius 3 is 2.29 bits per heavy atom. The first-order chi connectivity index (χ1) is 12.8. The first-order valence-electron chi connectivity index (χ1n) is 8.91. The molecule has 1 aromatic carbocycles. The van der Waals surface area contributed by atoms with E-state index in [4.69, 9.17) is 4.74 Å². The maximum absolute atomic E-state index is 12.2. The van der Waals surface area contributed by atoms with Crippen molar-refractivity contribution in [3.8, 4) is 0 Å². The maximum Gasteiger partial charge on any atom is 0.370 e. The molecular formula is C18H29BrO7P2. The average Bonchev–Trinajstić information content (AvgIpc) is 2.51. The zero-order chi connectivity index (χ0) is 21.6. The Morgan fingerprint density at radius 2 is 1.79 bits per heavy atom. The summed E-state index contributed by atoms with van der Waals surface area (Å²) in [5, 5.41) is -2.90. The number of halogens is 1. The van der Waals surface area contributed by atoms with Crippen molar-refractivity contribution in [1.29, 1.82) is 0 Å². The van der Waals surface area contributed by atoms with Crippen molar-refractivity contribution in [1.82, 2.24) is 0 Å². The summed E-state index contributed by atoms with van der Waals surface area (Å²) in [7, 11) is -10.6. The van der Waals surface area contributed by atoms with Crippen LogP contribution in [0.2, 0.25) is 0 Å². The van der Waals surface area contributed by atoms with Crippen molar-refractivity contribution in [2.24, 2.45) is 5.92 Å². The largest absolute Gasteiger partial charge is 0.370 e. The van der Waals surface area contributed by atoms with Gasteiger partial charge in [0.2, 0.25) is 0 Å². The topological polar surface area (TPSA) is 124 Å². The first-order valence-corrected chi connectivity index (χ1v) is 12.9. The lowest BCUT2D eigenvalue weighted by molar-refractivity contribution is 0.0299. The molecule has 1 atom stereocenters. The Kier molecular flexibility index (Phi) is 9.79. The minimum absolute atomic E-state index is 0.166. The fraction of sp³-hybridized carbons (Fsp3) is 0.556. The molecule has 4 N–H and O–H groups in total. The van der Waals surface area contributed by atoms with Crippen LogP contribution in [-0.4, -0.2) is 31.3 Å². The molecule has 160 valence electrons. The van der Waals surface area contributed by atoms with Crippen LogP contribution in [0.5, 0.6) is 0 Å². The molecule has 0 spiro atoms. The summed E-state index contributed by atoms with van der Waals surface area (Å²) in [5.41, 5.74) is 1.55. The number of hydrogen-bond acceptors (Lipinski definition) is 3. The zero-order valence-corrected chi connectivity index (χ0v) is 19.7. The van der Waals surface area contributed by atoms with Gasteiger partial charge in [-0.3, -0.25) is 9.13 Å². The predicted molar refractivity (Wildman–Crippen MR) is 113 cm³/mol. The summed E-state index contributed by atoms with van der Waals surface area (Å²) in [5.74, 6) is 0.174. The summed E-state index contributed by atoms with van der Waals surface area (Å²) in [6, 6.07) is 6.41. The van der Waals surface area contributed by atoms with Crippen LogP contribution in [0.15, 0.2) is 40.4 Å². The van der Waals surface area contributed by atoms with E-state index < -0.39 is 26.7 Å². The standard InChI is InChI=1S/C18H29BrO7P2/c1-14(2)6-4-7-15(3)10-11-26-18(27(20,21)22,28(23,24)25)13-16-8-5-9-17(19)12-16/h5-6,8-9,12,15H,4,7,10-11,13H2,1-3H3,(H2,20,21,22)(H2,23,24,25)/t15-/m0/s1. The summed E-state index contributed by atoms with van der Waals surface area (Å²) in [4.78, 5) is 39.3. The Morgan fingerprint density at radius 1 is 1.18 bits per heavy atom. The minimum Gasteiger partial charge on any atom is -0.352 e. The molecule has 1 aromatic rings. The lowest BCUT2D eigenvalue weighted by Gasteiger charge is -2.35. The molecule has 10 heteroatoms. The van der Waals surface area contributed by atoms with Crippen LogP contribution in [-0.2, 0) is 20.3 Å². The van der Waals surface area contributed by atoms with Crippen LogP contribution < -0.4 is 0 Å². The third-order valence-electron chi connectivity index (χ3n) is 4.39. The maximum atomic E-state index is 12.2. The van der Waals surface area contributed by atoms with Crippen molar-refractivity contribution in [2.75, 3.05) is 6.61 Å². The highest BCUT2D eigenvalue weighted by Gasteiger charge is 2.61. The van der Waals surface area contributed by atoms with Crippen LogP contribution >= 0.6 is 31.1 Å². The molecule has 0 bridgehead atoms. The third-order valence-corrected chi connectivity index (χ3v) is 8.84. The van der Waals surface area contributed by atoms with E-state index in [1.54, 1.807) is 18.2 Å². The van der Waals surface area contributed by atoms with E-state index in [0.717, 1.165) is 12.8 Å². The van der Waals surface area contributed by atoms with E-state index in [-0.39, 0.29) is 12.5 Å². The second-order valence-electron chi connectivity index (χ2n) is 7.24. The lowest BCUT2D eigenvalue weighted by atomic mass is 10.0. The van der Waals surface area contributed by atoms with Crippen molar-refractivity contribution >= 4 is 31.1 Å². The molecule has 0 fully saturated rings. The van der Waals surface area contributed by atoms with Gasteiger partial charge in [0.1, 0.15) is 0 Å². The molecule has 0 amide bonds. The van der Waals surface area contributed by atoms with Crippen LogP contribution in [0, 0.1) is 5.92 Å². The van der Waals surface area contributed by atoms with Crippen molar-refractivity contribution < 1.29 is 33.4 Å². The normalized spacial score (nSPS) is 14.0. The van der Waals surface area contributed by atoms with E-state index in [9.17, 15) is 28.7 Å². The highest BCUT2D eigenvalue weighted by Crippen LogP contribution is 2.70. The van der Waals surface area contributed by atoms with E-state index in [1.807, 2.05) is 20.8 Å². The number of hydrogen-bond donors (Lipinski definition) is 4. The number of ether oxygens (including phenoxy) is 1. The number of allylic oxidation sites excluding steroid dienone is 2. The summed E-state index contributed by atoms with van der Waals surface area (Å²) < 4.78 is 30.3. The van der Waals surface area contributed by atoms with Gasteiger partial charge in [-0.15, -0.1) is 0 Å². The van der Waals surface area contributed by atoms with Gasteiger partial charge in [0.25, 0.3) is 5.08 Å². The smallest absolute Gasteiger partial charge is 0.352 e. The summed E-state index contributed by atoms with van der Waals surface area (Å²) in [6.07, 6.45) is 3.63. The molecule has 0 heterocycles. The van der Waals surface area contributed by atoms with Gasteiger partial charge in [-0.05, 0) is 56.7 Å². The molecule has 0 unspecified atom stereocenters. The highest BCUT2D eigenvalue weighted by atomic mass is 79.9. The van der Waals surface area contributed by atoms with E-state index in [0.29, 0.717) is 16.5 Å². The van der Waals surface area contributed by atoms with Crippen LogP contribution in [0.3, 0.4) is 0 Å². The highest BCUT2D eigenvalue weighted by molar-refractivity contribution is 9.10. The summed E-state index contributed by atoms with van der Waals surface area (Å²) in [6.45, 7) is 5.81. The van der Waals surface area contributed by atoms with Gasteiger partial charge in [0.05, 0.1) is 0 Å². The van der Waals surface area contributed by atoms with Gasteiger partial charge < -0.3 is 24.3 Å². The van der Waals surface area contributed by atoms with Gasteiger partial charge in [-0.2, -0.15) is 0 Å². The van der Waals surface area contributed by atoms with E-state index >= 15 is 0 Å². The molecule has 28 heavy (non-hydrogen) atoms. The summed E-state index contributed by atoms with van der Waals surface area (Å²) >= 11 is 3.24. The Bertz CT molecular complexity index is 743. The zero-order valence-electron chi connectivity index (χ0n) is 16.3. The van der Waals surface area contributed by atoms with Crippen LogP contribution in [0.4, 0.5) is 0 Å². The molecule has 7 nitrogen and oxygen atoms in total. The van der Waals surface area contributed by atoms with Gasteiger partial charge in [-0.1, -0.05) is 46.6 Å². The van der Waals surface area contributed by atoms with Gasteiger partial charge in [0, 0.05) is 17.5 Å². The van der Waals surface area contributed by atoms with Crippen molar-refractivity contribution in [3.05, 3.63) is 46.0 Å². The fourth-order valence-electron chi connectivity index (χ4n) is 2.73. The Balaban J connectivity index is 3.00. The average molecular weight is 499 g/mol. The molecule has 0 aliphatic rings. The predicted octanol–water partition coefficient (Wildman–Crippen LogP) is 4.79. The van der Waals surface area contributed by atoms with Gasteiger partial charge >= 0.3 is 15.2 Å². The van der Waals surface area contributed by atoms with E-state index in [2.05, 4.69) is 22.0 Å². The molecular weight excluding hydrogens is 470 g/mol. The fourth-order valence-corrected chi connectivity index (χ4v) is 5.83. The minimum atomic E-state index is -5.31. The first kappa shape index (κ1) is 25.7. The number of rotatable bonds is 11. The molecule has 1 rings (SSSR count).